The average Bonchev–Trinajstić information content (AvgIpc) is 2.33. The summed E-state index contributed by atoms with van der Waals surface area (Å²) >= 11 is 0. The Balaban J connectivity index is 1.79. The van der Waals surface area contributed by atoms with E-state index in [0.717, 1.165) is 19.3 Å². The fraction of sp³-hybridized carbons (Fsp3) is 0.941. The lowest BCUT2D eigenvalue weighted by Gasteiger charge is -2.64. The van der Waals surface area contributed by atoms with Crippen molar-refractivity contribution in [1.29, 1.82) is 0 Å². The van der Waals surface area contributed by atoms with Gasteiger partial charge in [-0.15, -0.1) is 0 Å². The molecule has 4 saturated carbocycles. The largest absolute Gasteiger partial charge is 0.394 e. The molecule has 21 heavy (non-hydrogen) atoms. The Morgan fingerprint density at radius 2 is 1.86 bits per heavy atom. The Morgan fingerprint density at radius 1 is 1.24 bits per heavy atom. The third kappa shape index (κ3) is 2.61. The van der Waals surface area contributed by atoms with Crippen LogP contribution in [-0.2, 0) is 9.53 Å². The number of ether oxygens (including phenoxy) is 1. The van der Waals surface area contributed by atoms with Gasteiger partial charge in [-0.25, -0.2) is 0 Å². The number of amides is 1. The highest BCUT2D eigenvalue weighted by molar-refractivity contribution is 5.83. The molecule has 120 valence electrons. The van der Waals surface area contributed by atoms with E-state index in [4.69, 9.17) is 4.74 Å². The second-order valence-corrected chi connectivity index (χ2v) is 8.72. The molecule has 0 aromatic carbocycles. The fourth-order valence-corrected chi connectivity index (χ4v) is 6.38. The number of hydrogen-bond acceptors (Lipinski definition) is 3. The smallest absolute Gasteiger partial charge is 0.226 e. The molecule has 4 rings (SSSR count). The van der Waals surface area contributed by atoms with Crippen LogP contribution in [0.5, 0.6) is 0 Å². The molecule has 1 amide bonds. The Kier molecular flexibility index (Phi) is 3.61. The van der Waals surface area contributed by atoms with Crippen molar-refractivity contribution in [2.75, 3.05) is 20.3 Å². The van der Waals surface area contributed by atoms with Crippen LogP contribution in [0.1, 0.15) is 52.4 Å². The summed E-state index contributed by atoms with van der Waals surface area (Å²) in [4.78, 5) is 12.9. The summed E-state index contributed by atoms with van der Waals surface area (Å²) in [6, 6.07) is -0.281. The van der Waals surface area contributed by atoms with E-state index in [0.29, 0.717) is 23.4 Å². The Morgan fingerprint density at radius 3 is 2.33 bits per heavy atom. The van der Waals surface area contributed by atoms with Crippen molar-refractivity contribution in [3.8, 4) is 0 Å². The third-order valence-electron chi connectivity index (χ3n) is 6.03. The number of methoxy groups -OCH3 is 1. The molecular weight excluding hydrogens is 266 g/mol. The topological polar surface area (TPSA) is 58.6 Å². The molecule has 0 aliphatic heterocycles. The molecule has 2 N–H and O–H groups in total. The highest BCUT2D eigenvalue weighted by Crippen LogP contribution is 2.69. The van der Waals surface area contributed by atoms with E-state index in [1.165, 1.54) is 19.3 Å². The van der Waals surface area contributed by atoms with Crippen molar-refractivity contribution < 1.29 is 14.6 Å². The summed E-state index contributed by atoms with van der Waals surface area (Å²) in [5.41, 5.74) is 0.465. The molecule has 0 spiro atoms. The number of aliphatic hydroxyl groups is 1. The van der Waals surface area contributed by atoms with Crippen LogP contribution in [0.2, 0.25) is 0 Å². The van der Waals surface area contributed by atoms with Crippen molar-refractivity contribution in [3.63, 3.8) is 0 Å². The first-order valence-corrected chi connectivity index (χ1v) is 8.23. The maximum Gasteiger partial charge on any atom is 0.226 e. The number of hydrogen-bond donors (Lipinski definition) is 2. The maximum absolute atomic E-state index is 12.9. The van der Waals surface area contributed by atoms with Gasteiger partial charge in [0.25, 0.3) is 0 Å². The average molecular weight is 295 g/mol. The van der Waals surface area contributed by atoms with Crippen LogP contribution >= 0.6 is 0 Å². The molecule has 4 aliphatic rings. The molecule has 4 nitrogen and oxygen atoms in total. The molecule has 3 atom stereocenters. The predicted octanol–water partition coefficient (Wildman–Crippen LogP) is 2.11. The summed E-state index contributed by atoms with van der Waals surface area (Å²) in [5.74, 6) is 0.858. The zero-order chi connectivity index (χ0) is 15.3. The van der Waals surface area contributed by atoms with Crippen LogP contribution in [0.25, 0.3) is 0 Å². The van der Waals surface area contributed by atoms with Gasteiger partial charge in [-0.2, -0.15) is 0 Å². The van der Waals surface area contributed by atoms with E-state index < -0.39 is 0 Å². The third-order valence-corrected chi connectivity index (χ3v) is 6.03. The Bertz CT molecular complexity index is 418. The van der Waals surface area contributed by atoms with Crippen molar-refractivity contribution in [2.45, 2.75) is 58.4 Å². The van der Waals surface area contributed by atoms with Gasteiger partial charge in [-0.1, -0.05) is 13.8 Å². The first-order chi connectivity index (χ1) is 9.82. The zero-order valence-electron chi connectivity index (χ0n) is 13.6. The number of rotatable bonds is 5. The monoisotopic (exact) mass is 295 g/mol. The fourth-order valence-electron chi connectivity index (χ4n) is 6.38. The second-order valence-electron chi connectivity index (χ2n) is 8.72. The van der Waals surface area contributed by atoms with Gasteiger partial charge < -0.3 is 15.2 Å². The summed E-state index contributed by atoms with van der Waals surface area (Å²) in [7, 11) is 1.60. The summed E-state index contributed by atoms with van der Waals surface area (Å²) in [5, 5.41) is 12.4. The van der Waals surface area contributed by atoms with E-state index in [2.05, 4.69) is 19.2 Å². The molecule has 0 saturated heterocycles. The molecule has 0 heterocycles. The van der Waals surface area contributed by atoms with Gasteiger partial charge >= 0.3 is 0 Å². The number of nitrogens with one attached hydrogen (secondary N) is 1. The van der Waals surface area contributed by atoms with E-state index >= 15 is 0 Å². The summed E-state index contributed by atoms with van der Waals surface area (Å²) in [6.45, 7) is 5.05. The molecule has 4 heteroatoms. The summed E-state index contributed by atoms with van der Waals surface area (Å²) in [6.07, 6.45) is 6.92. The SMILES string of the molecule is COCC(CO)NC(=O)C12CC3CC(C)(CC(C)(C3)C1)C2. The quantitative estimate of drug-likeness (QED) is 0.816. The lowest BCUT2D eigenvalue weighted by molar-refractivity contribution is -0.171. The van der Waals surface area contributed by atoms with Crippen LogP contribution in [0, 0.1) is 22.2 Å². The van der Waals surface area contributed by atoms with Gasteiger partial charge in [0.15, 0.2) is 0 Å². The zero-order valence-corrected chi connectivity index (χ0v) is 13.6. The summed E-state index contributed by atoms with van der Waals surface area (Å²) < 4.78 is 5.08. The molecule has 4 fully saturated rings. The first-order valence-electron chi connectivity index (χ1n) is 8.23. The van der Waals surface area contributed by atoms with E-state index in [-0.39, 0.29) is 24.0 Å². The minimum absolute atomic E-state index is 0.0619. The molecule has 3 unspecified atom stereocenters. The maximum atomic E-state index is 12.9. The Hall–Kier alpha value is -0.610. The minimum atomic E-state index is -0.281. The van der Waals surface area contributed by atoms with Gasteiger partial charge in [0.1, 0.15) is 0 Å². The van der Waals surface area contributed by atoms with Crippen molar-refractivity contribution in [2.24, 2.45) is 22.2 Å². The predicted molar refractivity (Wildman–Crippen MR) is 80.7 cm³/mol. The van der Waals surface area contributed by atoms with Crippen LogP contribution in [0.15, 0.2) is 0 Å². The lowest BCUT2D eigenvalue weighted by Crippen LogP contribution is -2.61. The van der Waals surface area contributed by atoms with Crippen molar-refractivity contribution >= 4 is 5.91 Å². The number of carbonyl (C=O) groups excluding carboxylic acids is 1. The van der Waals surface area contributed by atoms with Crippen LogP contribution in [0.4, 0.5) is 0 Å². The molecule has 0 aromatic heterocycles. The van der Waals surface area contributed by atoms with Gasteiger partial charge in [0.2, 0.25) is 5.91 Å². The first kappa shape index (κ1) is 15.3. The van der Waals surface area contributed by atoms with Gasteiger partial charge in [0, 0.05) is 7.11 Å². The molecule has 0 radical (unpaired) electrons. The van der Waals surface area contributed by atoms with E-state index in [1.54, 1.807) is 7.11 Å². The van der Waals surface area contributed by atoms with Gasteiger partial charge in [0.05, 0.1) is 24.7 Å². The highest BCUT2D eigenvalue weighted by Gasteiger charge is 2.62. The standard InChI is InChI=1S/C17H29NO3/c1-15-4-12-5-16(2,9-15)11-17(6-12,10-15)14(20)18-13(7-19)8-21-3/h12-13,19H,4-11H2,1-3H3,(H,18,20). The lowest BCUT2D eigenvalue weighted by atomic mass is 9.40. The van der Waals surface area contributed by atoms with E-state index in [1.807, 2.05) is 0 Å². The molecule has 4 aliphatic carbocycles. The number of carbonyl (C=O) groups is 1. The number of aliphatic hydroxyl groups excluding tert-OH is 1. The molecule has 4 bridgehead atoms. The van der Waals surface area contributed by atoms with Crippen LogP contribution < -0.4 is 5.32 Å². The van der Waals surface area contributed by atoms with Crippen LogP contribution in [0.3, 0.4) is 0 Å². The van der Waals surface area contributed by atoms with Crippen LogP contribution in [-0.4, -0.2) is 37.4 Å². The minimum Gasteiger partial charge on any atom is -0.394 e. The van der Waals surface area contributed by atoms with Crippen molar-refractivity contribution in [3.05, 3.63) is 0 Å². The highest BCUT2D eigenvalue weighted by atomic mass is 16.5. The Labute approximate surface area is 127 Å². The van der Waals surface area contributed by atoms with Crippen molar-refractivity contribution in [1.82, 2.24) is 5.32 Å². The van der Waals surface area contributed by atoms with Gasteiger partial charge in [-0.05, 0) is 55.3 Å². The van der Waals surface area contributed by atoms with Gasteiger partial charge in [-0.3, -0.25) is 4.79 Å². The van der Waals surface area contributed by atoms with E-state index in [9.17, 15) is 9.90 Å². The molecule has 0 aromatic rings. The normalized spacial score (nSPS) is 45.6. The second kappa shape index (κ2) is 4.95. The molecular formula is C17H29NO3.